The van der Waals surface area contributed by atoms with E-state index in [1.165, 1.54) is 11.4 Å². The monoisotopic (exact) mass is 410 g/mol. The topological polar surface area (TPSA) is 54.1 Å². The number of rotatable bonds is 2. The number of hydrogen-bond donors (Lipinski definition) is 0. The van der Waals surface area contributed by atoms with Gasteiger partial charge in [-0.3, -0.25) is 9.36 Å². The van der Waals surface area contributed by atoms with Gasteiger partial charge in [0.15, 0.2) is 0 Å². The van der Waals surface area contributed by atoms with Crippen LogP contribution in [0.5, 0.6) is 0 Å². The van der Waals surface area contributed by atoms with Crippen molar-refractivity contribution in [1.82, 2.24) is 19.6 Å². The van der Waals surface area contributed by atoms with E-state index in [1.807, 2.05) is 12.4 Å². The maximum atomic E-state index is 5.32. The molecule has 6 nitrogen and oxygen atoms in total. The Morgan fingerprint density at radius 2 is 1.48 bits per heavy atom. The van der Waals surface area contributed by atoms with Gasteiger partial charge in [0.2, 0.25) is 0 Å². The van der Waals surface area contributed by atoms with Crippen molar-refractivity contribution >= 4 is 15.9 Å². The van der Waals surface area contributed by atoms with Crippen LogP contribution in [0.3, 0.4) is 0 Å². The van der Waals surface area contributed by atoms with Crippen molar-refractivity contribution in [2.45, 2.75) is 51.6 Å². The Balaban J connectivity index is 0.000000146. The van der Waals surface area contributed by atoms with Gasteiger partial charge in [0, 0.05) is 44.0 Å². The molecule has 0 unspecified atom stereocenters. The van der Waals surface area contributed by atoms with E-state index in [1.54, 1.807) is 0 Å². The Hall–Kier alpha value is -1.18. The summed E-state index contributed by atoms with van der Waals surface area (Å²) in [5.41, 5.74) is 2.47. The van der Waals surface area contributed by atoms with Gasteiger partial charge in [-0.15, -0.1) is 0 Å². The number of ether oxygens (including phenoxy) is 2. The summed E-state index contributed by atoms with van der Waals surface area (Å²) in [6.45, 7) is 7.67. The fraction of sp³-hybridized carbons (Fsp3) is 0.667. The first-order valence-electron chi connectivity index (χ1n) is 9.02. The fourth-order valence-corrected chi connectivity index (χ4v) is 3.67. The van der Waals surface area contributed by atoms with Gasteiger partial charge >= 0.3 is 0 Å². The maximum Gasteiger partial charge on any atom is 0.0635 e. The molecule has 0 bridgehead atoms. The average Bonchev–Trinajstić information content (AvgIpc) is 3.23. The molecular weight excluding hydrogens is 384 g/mol. The Morgan fingerprint density at radius 3 is 1.92 bits per heavy atom. The molecule has 2 aliphatic heterocycles. The van der Waals surface area contributed by atoms with Gasteiger partial charge < -0.3 is 9.47 Å². The molecule has 0 N–H and O–H groups in total. The van der Waals surface area contributed by atoms with Crippen LogP contribution in [0.25, 0.3) is 0 Å². The molecule has 138 valence electrons. The minimum Gasteiger partial charge on any atom is -0.381 e. The zero-order valence-corrected chi connectivity index (χ0v) is 16.6. The molecule has 2 aromatic rings. The lowest BCUT2D eigenvalue weighted by Crippen LogP contribution is -2.21. The van der Waals surface area contributed by atoms with Crippen LogP contribution < -0.4 is 0 Å². The van der Waals surface area contributed by atoms with E-state index < -0.39 is 0 Å². The van der Waals surface area contributed by atoms with Crippen molar-refractivity contribution in [2.24, 2.45) is 0 Å². The second-order valence-corrected chi connectivity index (χ2v) is 7.48. The fourth-order valence-electron chi connectivity index (χ4n) is 3.39. The lowest BCUT2D eigenvalue weighted by atomic mass is 10.1. The van der Waals surface area contributed by atoms with Crippen LogP contribution in [0, 0.1) is 13.8 Å². The van der Waals surface area contributed by atoms with E-state index >= 15 is 0 Å². The van der Waals surface area contributed by atoms with Gasteiger partial charge in [0.05, 0.1) is 22.8 Å². The van der Waals surface area contributed by atoms with Gasteiger partial charge in [-0.1, -0.05) is 0 Å². The molecule has 0 radical (unpaired) electrons. The Kier molecular flexibility index (Phi) is 6.67. The molecule has 2 saturated heterocycles. The number of hydrogen-bond acceptors (Lipinski definition) is 4. The van der Waals surface area contributed by atoms with E-state index in [4.69, 9.17) is 9.47 Å². The summed E-state index contributed by atoms with van der Waals surface area (Å²) >= 11 is 3.47. The first-order chi connectivity index (χ1) is 12.2. The molecule has 4 rings (SSSR count). The molecule has 25 heavy (non-hydrogen) atoms. The third kappa shape index (κ3) is 4.71. The summed E-state index contributed by atoms with van der Waals surface area (Å²) in [7, 11) is 0. The van der Waals surface area contributed by atoms with Crippen molar-refractivity contribution in [1.29, 1.82) is 0 Å². The summed E-state index contributed by atoms with van der Waals surface area (Å²) in [4.78, 5) is 0. The summed E-state index contributed by atoms with van der Waals surface area (Å²) in [6, 6.07) is 3.14. The normalized spacial score (nSPS) is 19.5. The van der Waals surface area contributed by atoms with Gasteiger partial charge in [0.25, 0.3) is 0 Å². The van der Waals surface area contributed by atoms with Crippen LogP contribution in [0.15, 0.2) is 22.9 Å². The molecule has 7 heteroatoms. The Bertz CT molecular complexity index is 658. The molecule has 2 aliphatic rings. The van der Waals surface area contributed by atoms with Gasteiger partial charge in [-0.25, -0.2) is 0 Å². The van der Waals surface area contributed by atoms with Gasteiger partial charge in [0.1, 0.15) is 0 Å². The highest BCUT2D eigenvalue weighted by Gasteiger charge is 2.18. The van der Waals surface area contributed by atoms with Crippen LogP contribution in [0.4, 0.5) is 0 Å². The van der Waals surface area contributed by atoms with Gasteiger partial charge in [-0.2, -0.15) is 10.2 Å². The Labute approximate surface area is 157 Å². The van der Waals surface area contributed by atoms with Crippen LogP contribution in [-0.2, 0) is 9.47 Å². The SMILES string of the molecule is Cc1c(Br)cnn1C1CCOCC1.Cc1ccnn1C1CCOCC1. The number of aryl methyl sites for hydroxylation is 1. The molecule has 2 aromatic heterocycles. The minimum absolute atomic E-state index is 0.528. The highest BCUT2D eigenvalue weighted by atomic mass is 79.9. The van der Waals surface area contributed by atoms with Crippen LogP contribution in [0.2, 0.25) is 0 Å². The largest absolute Gasteiger partial charge is 0.381 e. The minimum atomic E-state index is 0.528. The standard InChI is InChI=1S/C9H13BrN2O.C9H14N2O/c1-7-9(10)6-11-12(7)8-2-4-13-5-3-8;1-8-2-5-10-11(8)9-3-6-12-7-4-9/h6,8H,2-5H2,1H3;2,5,9H,3-4,6-7H2,1H3. The number of aromatic nitrogens is 4. The number of nitrogens with zero attached hydrogens (tertiary/aromatic N) is 4. The van der Waals surface area contributed by atoms with Crippen LogP contribution >= 0.6 is 15.9 Å². The van der Waals surface area contributed by atoms with Crippen molar-refractivity contribution < 1.29 is 9.47 Å². The van der Waals surface area contributed by atoms with E-state index in [9.17, 15) is 0 Å². The molecule has 0 amide bonds. The summed E-state index contributed by atoms with van der Waals surface area (Å²) in [6.07, 6.45) is 8.09. The van der Waals surface area contributed by atoms with Crippen LogP contribution in [0.1, 0.15) is 49.2 Å². The molecule has 4 heterocycles. The molecule has 0 atom stereocenters. The zero-order valence-electron chi connectivity index (χ0n) is 15.0. The van der Waals surface area contributed by atoms with Gasteiger partial charge in [-0.05, 0) is 61.5 Å². The van der Waals surface area contributed by atoms with E-state index in [0.29, 0.717) is 12.1 Å². The first-order valence-corrected chi connectivity index (χ1v) is 9.81. The number of halogens is 1. The van der Waals surface area contributed by atoms with E-state index in [2.05, 4.69) is 55.4 Å². The van der Waals surface area contributed by atoms with Crippen molar-refractivity contribution in [3.63, 3.8) is 0 Å². The summed E-state index contributed by atoms with van der Waals surface area (Å²) in [5, 5.41) is 8.65. The third-order valence-electron chi connectivity index (χ3n) is 4.93. The molecule has 0 spiro atoms. The molecule has 2 fully saturated rings. The highest BCUT2D eigenvalue weighted by Crippen LogP contribution is 2.25. The Morgan fingerprint density at radius 1 is 0.920 bits per heavy atom. The lowest BCUT2D eigenvalue weighted by Gasteiger charge is -2.23. The summed E-state index contributed by atoms with van der Waals surface area (Å²) in [5.74, 6) is 0. The predicted octanol–water partition coefficient (Wildman–Crippen LogP) is 3.85. The predicted molar refractivity (Wildman–Crippen MR) is 99.8 cm³/mol. The quantitative estimate of drug-likeness (QED) is 0.754. The van der Waals surface area contributed by atoms with Crippen molar-refractivity contribution in [3.8, 4) is 0 Å². The van der Waals surface area contributed by atoms with E-state index in [0.717, 1.165) is 56.6 Å². The highest BCUT2D eigenvalue weighted by molar-refractivity contribution is 9.10. The van der Waals surface area contributed by atoms with Crippen molar-refractivity contribution in [3.05, 3.63) is 34.3 Å². The van der Waals surface area contributed by atoms with Crippen LogP contribution in [-0.4, -0.2) is 46.0 Å². The molecule has 0 saturated carbocycles. The molecule has 0 aromatic carbocycles. The zero-order chi connectivity index (χ0) is 17.6. The third-order valence-corrected chi connectivity index (χ3v) is 5.70. The molecule has 0 aliphatic carbocycles. The smallest absolute Gasteiger partial charge is 0.0635 e. The first kappa shape index (κ1) is 18.6. The summed E-state index contributed by atoms with van der Waals surface area (Å²) < 4.78 is 15.9. The maximum absolute atomic E-state index is 5.32. The van der Waals surface area contributed by atoms with E-state index in [-0.39, 0.29) is 0 Å². The second-order valence-electron chi connectivity index (χ2n) is 6.63. The lowest BCUT2D eigenvalue weighted by molar-refractivity contribution is 0.0655. The average molecular weight is 411 g/mol. The second kappa shape index (κ2) is 8.96. The van der Waals surface area contributed by atoms with Crippen molar-refractivity contribution in [2.75, 3.05) is 26.4 Å². The molecular formula is C18H27BrN4O2.